The van der Waals surface area contributed by atoms with Crippen LogP contribution in [-0.2, 0) is 12.8 Å². The molecule has 102 valence electrons. The summed E-state index contributed by atoms with van der Waals surface area (Å²) in [4.78, 5) is 11.6. The summed E-state index contributed by atoms with van der Waals surface area (Å²) in [5.74, 6) is 0.757. The molecular formula is C14H16O5. The van der Waals surface area contributed by atoms with E-state index in [9.17, 15) is 9.90 Å². The fraction of sp³-hybridized carbons (Fsp3) is 0.500. The van der Waals surface area contributed by atoms with Crippen molar-refractivity contribution < 1.29 is 24.1 Å². The molecule has 19 heavy (non-hydrogen) atoms. The first-order valence-corrected chi connectivity index (χ1v) is 6.48. The van der Waals surface area contributed by atoms with Crippen LogP contribution >= 0.6 is 0 Å². The van der Waals surface area contributed by atoms with Crippen molar-refractivity contribution in [3.63, 3.8) is 0 Å². The Morgan fingerprint density at radius 3 is 2.37 bits per heavy atom. The molecule has 0 unspecified atom stereocenters. The number of methoxy groups -OCH3 is 1. The zero-order chi connectivity index (χ0) is 13.4. The molecule has 5 nitrogen and oxygen atoms in total. The van der Waals surface area contributed by atoms with Crippen LogP contribution in [0.25, 0.3) is 0 Å². The summed E-state index contributed by atoms with van der Waals surface area (Å²) in [6, 6.07) is 0. The van der Waals surface area contributed by atoms with E-state index in [1.165, 1.54) is 0 Å². The summed E-state index contributed by atoms with van der Waals surface area (Å²) in [5.41, 5.74) is 1.79. The molecular weight excluding hydrogens is 248 g/mol. The molecule has 0 aromatic heterocycles. The molecule has 0 spiro atoms. The first-order chi connectivity index (χ1) is 9.24. The lowest BCUT2D eigenvalue weighted by Crippen LogP contribution is -2.20. The Morgan fingerprint density at radius 2 is 1.74 bits per heavy atom. The van der Waals surface area contributed by atoms with Crippen LogP contribution in [0.4, 0.5) is 0 Å². The fourth-order valence-corrected chi connectivity index (χ4v) is 2.84. The van der Waals surface area contributed by atoms with Gasteiger partial charge in [-0.3, -0.25) is 0 Å². The topological polar surface area (TPSA) is 65.0 Å². The Kier molecular flexibility index (Phi) is 2.97. The Labute approximate surface area is 111 Å². The number of carboxylic acids is 1. The lowest BCUT2D eigenvalue weighted by atomic mass is 9.92. The van der Waals surface area contributed by atoms with Crippen molar-refractivity contribution >= 4 is 5.97 Å². The first-order valence-electron chi connectivity index (χ1n) is 6.48. The van der Waals surface area contributed by atoms with Gasteiger partial charge in [0.2, 0.25) is 0 Å². The molecule has 0 amide bonds. The zero-order valence-electron chi connectivity index (χ0n) is 10.8. The van der Waals surface area contributed by atoms with E-state index < -0.39 is 5.97 Å². The van der Waals surface area contributed by atoms with E-state index in [4.69, 9.17) is 14.2 Å². The van der Waals surface area contributed by atoms with Gasteiger partial charge in [0.1, 0.15) is 11.3 Å². The number of ether oxygens (including phenoxy) is 3. The second kappa shape index (κ2) is 4.64. The molecule has 2 heterocycles. The van der Waals surface area contributed by atoms with Crippen LogP contribution in [0.2, 0.25) is 0 Å². The largest absolute Gasteiger partial charge is 0.492 e. The standard InChI is InChI=1S/C14H16O5/c1-17-12-9-5-3-6-18-11(9)10(14(15)16)8-4-2-7-19-13(8)12/h2-7H2,1H3,(H,15,16). The summed E-state index contributed by atoms with van der Waals surface area (Å²) in [5, 5.41) is 9.48. The third-order valence-electron chi connectivity index (χ3n) is 3.61. The number of hydrogen-bond donors (Lipinski definition) is 1. The van der Waals surface area contributed by atoms with E-state index in [-0.39, 0.29) is 5.56 Å². The van der Waals surface area contributed by atoms with Crippen molar-refractivity contribution in [2.24, 2.45) is 0 Å². The van der Waals surface area contributed by atoms with E-state index >= 15 is 0 Å². The zero-order valence-corrected chi connectivity index (χ0v) is 10.8. The van der Waals surface area contributed by atoms with Crippen LogP contribution in [-0.4, -0.2) is 31.4 Å². The van der Waals surface area contributed by atoms with E-state index in [0.717, 1.165) is 24.8 Å². The van der Waals surface area contributed by atoms with Gasteiger partial charge in [0, 0.05) is 11.1 Å². The number of rotatable bonds is 2. The smallest absolute Gasteiger partial charge is 0.339 e. The SMILES string of the molecule is COc1c2c(c(C(=O)O)c3c1OCCC3)OCCC2. The molecule has 2 aliphatic rings. The van der Waals surface area contributed by atoms with Crippen molar-refractivity contribution in [1.29, 1.82) is 0 Å². The van der Waals surface area contributed by atoms with Gasteiger partial charge in [-0.2, -0.15) is 0 Å². The molecule has 0 bridgehead atoms. The van der Waals surface area contributed by atoms with E-state index in [2.05, 4.69) is 0 Å². The Hall–Kier alpha value is -1.91. The van der Waals surface area contributed by atoms with Gasteiger partial charge in [-0.15, -0.1) is 0 Å². The normalized spacial score (nSPS) is 16.7. The van der Waals surface area contributed by atoms with Gasteiger partial charge in [0.15, 0.2) is 11.5 Å². The van der Waals surface area contributed by atoms with E-state index in [1.54, 1.807) is 7.11 Å². The molecule has 0 saturated carbocycles. The molecule has 0 atom stereocenters. The molecule has 1 aromatic rings. The molecule has 3 rings (SSSR count). The third-order valence-corrected chi connectivity index (χ3v) is 3.61. The predicted octanol–water partition coefficient (Wildman–Crippen LogP) is 2.04. The number of fused-ring (bicyclic) bond motifs is 2. The Morgan fingerprint density at radius 1 is 1.11 bits per heavy atom. The summed E-state index contributed by atoms with van der Waals surface area (Å²) in [6.45, 7) is 1.15. The second-order valence-corrected chi connectivity index (χ2v) is 4.73. The Balaban J connectivity index is 2.31. The van der Waals surface area contributed by atoms with Crippen molar-refractivity contribution in [2.45, 2.75) is 25.7 Å². The molecule has 0 fully saturated rings. The number of benzene rings is 1. The van der Waals surface area contributed by atoms with Crippen LogP contribution in [0, 0.1) is 0 Å². The van der Waals surface area contributed by atoms with Crippen molar-refractivity contribution in [3.05, 3.63) is 16.7 Å². The monoisotopic (exact) mass is 264 g/mol. The number of carboxylic acid groups (broad SMARTS) is 1. The lowest BCUT2D eigenvalue weighted by molar-refractivity contribution is 0.0687. The van der Waals surface area contributed by atoms with Gasteiger partial charge in [-0.05, 0) is 25.7 Å². The molecule has 1 N–H and O–H groups in total. The molecule has 1 aromatic carbocycles. The van der Waals surface area contributed by atoms with Crippen molar-refractivity contribution in [1.82, 2.24) is 0 Å². The minimum Gasteiger partial charge on any atom is -0.492 e. The maximum atomic E-state index is 11.6. The van der Waals surface area contributed by atoms with Gasteiger partial charge in [-0.25, -0.2) is 4.79 Å². The molecule has 0 aliphatic carbocycles. The minimum absolute atomic E-state index is 0.255. The third kappa shape index (κ3) is 1.80. The van der Waals surface area contributed by atoms with Crippen LogP contribution in [0.15, 0.2) is 0 Å². The van der Waals surface area contributed by atoms with Gasteiger partial charge in [0.25, 0.3) is 0 Å². The van der Waals surface area contributed by atoms with Gasteiger partial charge in [0.05, 0.1) is 20.3 Å². The quantitative estimate of drug-likeness (QED) is 0.885. The highest BCUT2D eigenvalue weighted by atomic mass is 16.5. The molecule has 5 heteroatoms. The first kappa shape index (κ1) is 12.1. The maximum absolute atomic E-state index is 11.6. The van der Waals surface area contributed by atoms with Gasteiger partial charge in [-0.1, -0.05) is 0 Å². The number of aromatic carboxylic acids is 1. The average Bonchev–Trinajstić information content (AvgIpc) is 2.44. The number of hydrogen-bond acceptors (Lipinski definition) is 4. The van der Waals surface area contributed by atoms with Gasteiger partial charge < -0.3 is 19.3 Å². The van der Waals surface area contributed by atoms with Crippen molar-refractivity contribution in [3.8, 4) is 17.2 Å². The van der Waals surface area contributed by atoms with Crippen LogP contribution in [0.3, 0.4) is 0 Å². The van der Waals surface area contributed by atoms with Crippen LogP contribution in [0.5, 0.6) is 17.2 Å². The molecule has 2 aliphatic heterocycles. The highest BCUT2D eigenvalue weighted by molar-refractivity contribution is 5.95. The maximum Gasteiger partial charge on any atom is 0.339 e. The van der Waals surface area contributed by atoms with E-state index in [0.29, 0.717) is 42.4 Å². The minimum atomic E-state index is -0.956. The summed E-state index contributed by atoms with van der Waals surface area (Å²) in [6.07, 6.45) is 3.12. The highest BCUT2D eigenvalue weighted by Crippen LogP contribution is 2.47. The summed E-state index contributed by atoms with van der Waals surface area (Å²) in [7, 11) is 1.59. The van der Waals surface area contributed by atoms with Gasteiger partial charge >= 0.3 is 5.97 Å². The average molecular weight is 264 g/mol. The molecule has 0 radical (unpaired) electrons. The summed E-state index contributed by atoms with van der Waals surface area (Å²) >= 11 is 0. The number of carbonyl (C=O) groups is 1. The second-order valence-electron chi connectivity index (χ2n) is 4.73. The summed E-state index contributed by atoms with van der Waals surface area (Å²) < 4.78 is 16.7. The van der Waals surface area contributed by atoms with Crippen molar-refractivity contribution in [2.75, 3.05) is 20.3 Å². The molecule has 0 saturated heterocycles. The lowest BCUT2D eigenvalue weighted by Gasteiger charge is -2.28. The fourth-order valence-electron chi connectivity index (χ4n) is 2.84. The Bertz CT molecular complexity index is 498. The van der Waals surface area contributed by atoms with Crippen LogP contribution < -0.4 is 14.2 Å². The van der Waals surface area contributed by atoms with Crippen LogP contribution in [0.1, 0.15) is 34.3 Å². The highest BCUT2D eigenvalue weighted by Gasteiger charge is 2.32. The van der Waals surface area contributed by atoms with E-state index in [1.807, 2.05) is 0 Å². The predicted molar refractivity (Wildman–Crippen MR) is 67.6 cm³/mol.